The Hall–Kier alpha value is -2.70. The minimum atomic E-state index is -5.18. The molecule has 0 aliphatic carbocycles. The molecule has 2 aromatic rings. The number of benzene rings is 2. The van der Waals surface area contributed by atoms with Gasteiger partial charge >= 0.3 is 6.36 Å². The second-order valence-electron chi connectivity index (χ2n) is 5.82. The lowest BCUT2D eigenvalue weighted by molar-refractivity contribution is -0.276. The van der Waals surface area contributed by atoms with Crippen LogP contribution in [0.15, 0.2) is 54.0 Å². The summed E-state index contributed by atoms with van der Waals surface area (Å²) in [4.78, 5) is 3.90. The first-order chi connectivity index (χ1) is 12.8. The summed E-state index contributed by atoms with van der Waals surface area (Å²) < 4.78 is 67.0. The number of allylic oxidation sites excluding steroid dienone is 1. The van der Waals surface area contributed by atoms with Gasteiger partial charge in [-0.15, -0.1) is 19.8 Å². The number of hydrogen-bond donors (Lipinski definition) is 0. The van der Waals surface area contributed by atoms with Crippen molar-refractivity contribution >= 4 is 11.9 Å². The zero-order valence-electron chi connectivity index (χ0n) is 14.4. The number of nitrogens with zero attached hydrogens (tertiary/aromatic N) is 1. The van der Waals surface area contributed by atoms with E-state index in [0.717, 1.165) is 31.2 Å². The first-order valence-corrected chi connectivity index (χ1v) is 8.27. The van der Waals surface area contributed by atoms with E-state index < -0.39 is 23.7 Å². The monoisotopic (exact) mass is 383 g/mol. The molecule has 0 saturated heterocycles. The SMILES string of the molecule is C=CCCCCc1ccc(C=Nc2cc(F)c(OC(F)(F)F)c(F)c2)cc1. The van der Waals surface area contributed by atoms with E-state index in [1.807, 2.05) is 18.2 Å². The number of rotatable bonds is 8. The van der Waals surface area contributed by atoms with Crippen molar-refractivity contribution in [3.63, 3.8) is 0 Å². The normalized spacial score (nSPS) is 11.7. The van der Waals surface area contributed by atoms with E-state index in [1.165, 1.54) is 6.21 Å². The molecule has 0 amide bonds. The molecule has 27 heavy (non-hydrogen) atoms. The summed E-state index contributed by atoms with van der Waals surface area (Å²) >= 11 is 0. The maximum Gasteiger partial charge on any atom is 0.573 e. The van der Waals surface area contributed by atoms with Crippen molar-refractivity contribution in [3.05, 3.63) is 71.8 Å². The van der Waals surface area contributed by atoms with Gasteiger partial charge in [-0.05, 0) is 36.8 Å². The summed E-state index contributed by atoms with van der Waals surface area (Å²) in [7, 11) is 0. The number of ether oxygens (including phenoxy) is 1. The van der Waals surface area contributed by atoms with Crippen LogP contribution < -0.4 is 4.74 Å². The van der Waals surface area contributed by atoms with E-state index >= 15 is 0 Å². The third-order valence-corrected chi connectivity index (χ3v) is 3.67. The van der Waals surface area contributed by atoms with Crippen LogP contribution in [0.2, 0.25) is 0 Å². The summed E-state index contributed by atoms with van der Waals surface area (Å²) in [5.74, 6) is -4.45. The van der Waals surface area contributed by atoms with Crippen LogP contribution >= 0.6 is 0 Å². The van der Waals surface area contributed by atoms with Crippen molar-refractivity contribution in [3.8, 4) is 5.75 Å². The third kappa shape index (κ3) is 6.84. The molecule has 7 heteroatoms. The van der Waals surface area contributed by atoms with Crippen LogP contribution in [0.25, 0.3) is 0 Å². The summed E-state index contributed by atoms with van der Waals surface area (Å²) in [5, 5.41) is 0. The van der Waals surface area contributed by atoms with Crippen molar-refractivity contribution in [1.29, 1.82) is 0 Å². The number of alkyl halides is 3. The van der Waals surface area contributed by atoms with Gasteiger partial charge in [0, 0.05) is 18.3 Å². The Morgan fingerprint density at radius 1 is 1.00 bits per heavy atom. The summed E-state index contributed by atoms with van der Waals surface area (Å²) in [6.07, 6.45) is 2.10. The minimum absolute atomic E-state index is 0.159. The summed E-state index contributed by atoms with van der Waals surface area (Å²) in [6.45, 7) is 3.68. The summed E-state index contributed by atoms with van der Waals surface area (Å²) in [5.41, 5.74) is 1.69. The topological polar surface area (TPSA) is 21.6 Å². The van der Waals surface area contributed by atoms with Crippen molar-refractivity contribution < 1.29 is 26.7 Å². The van der Waals surface area contributed by atoms with Crippen LogP contribution in [-0.2, 0) is 6.42 Å². The summed E-state index contributed by atoms with van der Waals surface area (Å²) in [6, 6.07) is 8.82. The van der Waals surface area contributed by atoms with Gasteiger partial charge in [0.2, 0.25) is 5.75 Å². The fourth-order valence-corrected chi connectivity index (χ4v) is 2.37. The second-order valence-corrected chi connectivity index (χ2v) is 5.82. The highest BCUT2D eigenvalue weighted by Gasteiger charge is 2.34. The molecule has 0 aromatic heterocycles. The number of halogens is 5. The number of unbranched alkanes of at least 4 members (excludes halogenated alkanes) is 2. The first kappa shape index (κ1) is 20.6. The van der Waals surface area contributed by atoms with E-state index in [4.69, 9.17) is 0 Å². The maximum absolute atomic E-state index is 13.6. The van der Waals surface area contributed by atoms with Gasteiger partial charge in [-0.2, -0.15) is 0 Å². The van der Waals surface area contributed by atoms with E-state index in [0.29, 0.717) is 17.7 Å². The average molecular weight is 383 g/mol. The second kappa shape index (κ2) is 9.30. The molecule has 0 unspecified atom stereocenters. The molecule has 2 nitrogen and oxygen atoms in total. The molecule has 144 valence electrons. The van der Waals surface area contributed by atoms with Gasteiger partial charge < -0.3 is 4.74 Å². The maximum atomic E-state index is 13.6. The van der Waals surface area contributed by atoms with E-state index in [-0.39, 0.29) is 5.69 Å². The van der Waals surface area contributed by atoms with Crippen LogP contribution in [0.5, 0.6) is 5.75 Å². The molecule has 0 N–H and O–H groups in total. The van der Waals surface area contributed by atoms with Gasteiger partial charge in [0.25, 0.3) is 0 Å². The molecular weight excluding hydrogens is 365 g/mol. The van der Waals surface area contributed by atoms with Crippen LogP contribution in [0.3, 0.4) is 0 Å². The fraction of sp³-hybridized carbons (Fsp3) is 0.250. The molecular formula is C20H18F5NO. The smallest absolute Gasteiger partial charge is 0.399 e. The molecule has 0 atom stereocenters. The van der Waals surface area contributed by atoms with E-state index in [9.17, 15) is 22.0 Å². The molecule has 0 aliphatic heterocycles. The van der Waals surface area contributed by atoms with Gasteiger partial charge in [-0.25, -0.2) is 8.78 Å². The number of aryl methyl sites for hydroxylation is 1. The molecule has 0 spiro atoms. The fourth-order valence-electron chi connectivity index (χ4n) is 2.37. The lowest BCUT2D eigenvalue weighted by atomic mass is 10.1. The van der Waals surface area contributed by atoms with Crippen LogP contribution in [0.1, 0.15) is 30.4 Å². The zero-order valence-corrected chi connectivity index (χ0v) is 14.4. The largest absolute Gasteiger partial charge is 0.573 e. The van der Waals surface area contributed by atoms with Crippen molar-refractivity contribution in [2.45, 2.75) is 32.0 Å². The molecule has 2 aromatic carbocycles. The van der Waals surface area contributed by atoms with E-state index in [2.05, 4.69) is 16.3 Å². The zero-order chi connectivity index (χ0) is 19.9. The van der Waals surface area contributed by atoms with Crippen molar-refractivity contribution in [2.24, 2.45) is 4.99 Å². The Balaban J connectivity index is 2.04. The van der Waals surface area contributed by atoms with Crippen LogP contribution in [0, 0.1) is 11.6 Å². The molecule has 0 bridgehead atoms. The Labute approximate surface area is 154 Å². The highest BCUT2D eigenvalue weighted by Crippen LogP contribution is 2.31. The van der Waals surface area contributed by atoms with E-state index in [1.54, 1.807) is 12.1 Å². The van der Waals surface area contributed by atoms with Crippen molar-refractivity contribution in [1.82, 2.24) is 0 Å². The predicted octanol–water partition coefficient (Wildman–Crippen LogP) is 6.51. The number of hydrogen-bond acceptors (Lipinski definition) is 2. The van der Waals surface area contributed by atoms with Gasteiger partial charge in [0.15, 0.2) is 11.6 Å². The number of aliphatic imine (C=N–C) groups is 1. The van der Waals surface area contributed by atoms with Gasteiger partial charge in [-0.3, -0.25) is 4.99 Å². The molecule has 0 aliphatic rings. The molecule has 0 heterocycles. The molecule has 0 fully saturated rings. The van der Waals surface area contributed by atoms with Gasteiger partial charge in [0.1, 0.15) is 0 Å². The van der Waals surface area contributed by atoms with Gasteiger partial charge in [0.05, 0.1) is 5.69 Å². The highest BCUT2D eigenvalue weighted by atomic mass is 19.4. The minimum Gasteiger partial charge on any atom is -0.399 e. The molecule has 0 radical (unpaired) electrons. The Kier molecular flexibility index (Phi) is 7.10. The van der Waals surface area contributed by atoms with Gasteiger partial charge in [-0.1, -0.05) is 30.3 Å². The third-order valence-electron chi connectivity index (χ3n) is 3.67. The Morgan fingerprint density at radius 3 is 2.19 bits per heavy atom. The van der Waals surface area contributed by atoms with Crippen LogP contribution in [-0.4, -0.2) is 12.6 Å². The lowest BCUT2D eigenvalue weighted by Gasteiger charge is -2.10. The Morgan fingerprint density at radius 2 is 1.63 bits per heavy atom. The molecule has 0 saturated carbocycles. The van der Waals surface area contributed by atoms with Crippen molar-refractivity contribution in [2.75, 3.05) is 0 Å². The first-order valence-electron chi connectivity index (χ1n) is 8.27. The standard InChI is InChI=1S/C20H18F5NO/c1-2-3-4-5-6-14-7-9-15(10-8-14)13-26-16-11-17(21)19(18(22)12-16)27-20(23,24)25/h2,7-13H,1,3-6H2. The van der Waals surface area contributed by atoms with Crippen LogP contribution in [0.4, 0.5) is 27.6 Å². The average Bonchev–Trinajstić information content (AvgIpc) is 2.60. The lowest BCUT2D eigenvalue weighted by Crippen LogP contribution is -2.18. The molecule has 2 rings (SSSR count). The highest BCUT2D eigenvalue weighted by molar-refractivity contribution is 5.82. The quantitative estimate of drug-likeness (QED) is 0.220. The Bertz CT molecular complexity index is 774. The predicted molar refractivity (Wildman–Crippen MR) is 94.5 cm³/mol.